The van der Waals surface area contributed by atoms with E-state index in [4.69, 9.17) is 0 Å². The van der Waals surface area contributed by atoms with Crippen molar-refractivity contribution in [1.29, 1.82) is 0 Å². The second-order valence-corrected chi connectivity index (χ2v) is 7.77. The number of thiophene rings is 1. The maximum Gasteiger partial charge on any atom is 0.0701 e. The summed E-state index contributed by atoms with van der Waals surface area (Å²) in [5.74, 6) is 0. The molecule has 17 heavy (non-hydrogen) atoms. The molecule has 1 saturated heterocycles. The highest BCUT2D eigenvalue weighted by Gasteiger charge is 2.28. The van der Waals surface area contributed by atoms with Gasteiger partial charge in [0.1, 0.15) is 0 Å². The van der Waals surface area contributed by atoms with E-state index in [2.05, 4.69) is 51.6 Å². The van der Waals surface area contributed by atoms with Gasteiger partial charge in [0, 0.05) is 13.1 Å². The van der Waals surface area contributed by atoms with E-state index in [9.17, 15) is 0 Å². The summed E-state index contributed by atoms with van der Waals surface area (Å²) in [6.45, 7) is 7.02. The Morgan fingerprint density at radius 3 is 2.76 bits per heavy atom. The molecule has 1 N–H and O–H groups in total. The average molecular weight is 317 g/mol. The maximum absolute atomic E-state index is 3.61. The molecule has 96 valence electrons. The molecule has 0 bridgehead atoms. The van der Waals surface area contributed by atoms with Crippen LogP contribution in [0.3, 0.4) is 0 Å². The van der Waals surface area contributed by atoms with Crippen LogP contribution in [-0.2, 0) is 6.54 Å². The third-order valence-corrected chi connectivity index (χ3v) is 5.25. The predicted molar refractivity (Wildman–Crippen MR) is 78.6 cm³/mol. The lowest BCUT2D eigenvalue weighted by molar-refractivity contribution is 0.137. The first kappa shape index (κ1) is 13.5. The van der Waals surface area contributed by atoms with Crippen molar-refractivity contribution in [3.8, 4) is 0 Å². The molecule has 2 heterocycles. The summed E-state index contributed by atoms with van der Waals surface area (Å²) in [5.41, 5.74) is 1.87. The zero-order valence-electron chi connectivity index (χ0n) is 10.6. The highest BCUT2D eigenvalue weighted by molar-refractivity contribution is 9.11. The number of halogens is 1. The Bertz CT molecular complexity index is 356. The van der Waals surface area contributed by atoms with Crippen LogP contribution in [0.5, 0.6) is 0 Å². The predicted octanol–water partition coefficient (Wildman–Crippen LogP) is 3.33. The highest BCUT2D eigenvalue weighted by atomic mass is 79.9. The van der Waals surface area contributed by atoms with E-state index in [1.54, 1.807) is 11.3 Å². The van der Waals surface area contributed by atoms with Crippen molar-refractivity contribution in [3.05, 3.63) is 20.8 Å². The van der Waals surface area contributed by atoms with Gasteiger partial charge in [0.15, 0.2) is 0 Å². The molecule has 1 fully saturated rings. The van der Waals surface area contributed by atoms with Crippen LogP contribution < -0.4 is 5.32 Å². The fourth-order valence-electron chi connectivity index (χ4n) is 2.28. The molecule has 2 rings (SSSR count). The van der Waals surface area contributed by atoms with Gasteiger partial charge in [0.25, 0.3) is 0 Å². The molecule has 0 unspecified atom stereocenters. The van der Waals surface area contributed by atoms with Crippen molar-refractivity contribution in [3.63, 3.8) is 0 Å². The van der Waals surface area contributed by atoms with Crippen LogP contribution in [0.4, 0.5) is 0 Å². The maximum atomic E-state index is 3.61. The topological polar surface area (TPSA) is 15.3 Å². The van der Waals surface area contributed by atoms with E-state index < -0.39 is 0 Å². The SMILES string of the molecule is CN1CCC(C)(CNCc2csc(Br)c2)CC1. The quantitative estimate of drug-likeness (QED) is 0.916. The number of likely N-dealkylation sites (tertiary alicyclic amines) is 1. The van der Waals surface area contributed by atoms with Crippen LogP contribution in [0.15, 0.2) is 15.2 Å². The fourth-order valence-corrected chi connectivity index (χ4v) is 3.49. The van der Waals surface area contributed by atoms with Crippen molar-refractivity contribution in [2.45, 2.75) is 26.3 Å². The van der Waals surface area contributed by atoms with Crippen molar-refractivity contribution in [2.24, 2.45) is 5.41 Å². The molecular weight excluding hydrogens is 296 g/mol. The molecule has 0 saturated carbocycles. The molecule has 4 heteroatoms. The van der Waals surface area contributed by atoms with Gasteiger partial charge < -0.3 is 10.2 Å². The molecule has 1 aromatic rings. The lowest BCUT2D eigenvalue weighted by Crippen LogP contribution is -2.41. The monoisotopic (exact) mass is 316 g/mol. The Balaban J connectivity index is 1.74. The first-order valence-corrected chi connectivity index (χ1v) is 7.87. The number of nitrogens with one attached hydrogen (secondary N) is 1. The second kappa shape index (κ2) is 5.83. The van der Waals surface area contributed by atoms with Gasteiger partial charge in [0.05, 0.1) is 3.79 Å². The Hall–Kier alpha value is 0.100. The van der Waals surface area contributed by atoms with E-state index >= 15 is 0 Å². The molecule has 0 aromatic carbocycles. The van der Waals surface area contributed by atoms with Gasteiger partial charge in [-0.05, 0) is 71.3 Å². The van der Waals surface area contributed by atoms with Crippen LogP contribution >= 0.6 is 27.3 Å². The second-order valence-electron chi connectivity index (χ2n) is 5.48. The number of rotatable bonds is 4. The van der Waals surface area contributed by atoms with Gasteiger partial charge in [-0.15, -0.1) is 11.3 Å². The molecular formula is C13H21BrN2S. The van der Waals surface area contributed by atoms with Crippen LogP contribution in [0.25, 0.3) is 0 Å². The lowest BCUT2D eigenvalue weighted by Gasteiger charge is -2.38. The summed E-state index contributed by atoms with van der Waals surface area (Å²) in [6.07, 6.45) is 2.62. The van der Waals surface area contributed by atoms with Gasteiger partial charge in [-0.1, -0.05) is 6.92 Å². The molecule has 1 aliphatic rings. The molecule has 0 spiro atoms. The summed E-state index contributed by atoms with van der Waals surface area (Å²) in [5, 5.41) is 5.82. The number of hydrogen-bond acceptors (Lipinski definition) is 3. The number of nitrogens with zero attached hydrogens (tertiary/aromatic N) is 1. The Morgan fingerprint density at radius 2 is 2.18 bits per heavy atom. The van der Waals surface area contributed by atoms with E-state index in [0.717, 1.165) is 13.1 Å². The van der Waals surface area contributed by atoms with Gasteiger partial charge in [-0.25, -0.2) is 0 Å². The lowest BCUT2D eigenvalue weighted by atomic mass is 9.80. The third kappa shape index (κ3) is 4.05. The minimum absolute atomic E-state index is 0.486. The molecule has 1 aliphatic heterocycles. The number of piperidine rings is 1. The molecule has 0 atom stereocenters. The molecule has 0 radical (unpaired) electrons. The summed E-state index contributed by atoms with van der Waals surface area (Å²) >= 11 is 5.26. The summed E-state index contributed by atoms with van der Waals surface area (Å²) in [6, 6.07) is 2.20. The van der Waals surface area contributed by atoms with Gasteiger partial charge in [0.2, 0.25) is 0 Å². The normalized spacial score (nSPS) is 20.6. The Kier molecular flexibility index (Phi) is 4.64. The zero-order chi connectivity index (χ0) is 12.3. The standard InChI is InChI=1S/C13H21BrN2S/c1-13(3-5-16(2)6-4-13)10-15-8-11-7-12(14)17-9-11/h7,9,15H,3-6,8,10H2,1-2H3. The highest BCUT2D eigenvalue weighted by Crippen LogP contribution is 2.29. The van der Waals surface area contributed by atoms with E-state index in [0.29, 0.717) is 5.41 Å². The molecule has 0 amide bonds. The van der Waals surface area contributed by atoms with Crippen molar-refractivity contribution in [1.82, 2.24) is 10.2 Å². The number of hydrogen-bond donors (Lipinski definition) is 1. The summed E-state index contributed by atoms with van der Waals surface area (Å²) < 4.78 is 1.22. The first-order chi connectivity index (χ1) is 8.07. The van der Waals surface area contributed by atoms with Gasteiger partial charge in [-0.2, -0.15) is 0 Å². The van der Waals surface area contributed by atoms with Gasteiger partial charge in [-0.3, -0.25) is 0 Å². The largest absolute Gasteiger partial charge is 0.312 e. The van der Waals surface area contributed by atoms with Crippen LogP contribution in [-0.4, -0.2) is 31.6 Å². The minimum Gasteiger partial charge on any atom is -0.312 e. The zero-order valence-corrected chi connectivity index (χ0v) is 13.0. The van der Waals surface area contributed by atoms with Crippen LogP contribution in [0, 0.1) is 5.41 Å². The van der Waals surface area contributed by atoms with Crippen molar-refractivity contribution < 1.29 is 0 Å². The summed E-state index contributed by atoms with van der Waals surface area (Å²) in [4.78, 5) is 2.43. The Morgan fingerprint density at radius 1 is 1.47 bits per heavy atom. The van der Waals surface area contributed by atoms with E-state index in [1.807, 2.05) is 0 Å². The molecule has 2 nitrogen and oxygen atoms in total. The average Bonchev–Trinajstić information content (AvgIpc) is 2.69. The smallest absolute Gasteiger partial charge is 0.0701 e. The molecule has 0 aliphatic carbocycles. The molecule has 1 aromatic heterocycles. The minimum atomic E-state index is 0.486. The fraction of sp³-hybridized carbons (Fsp3) is 0.692. The van der Waals surface area contributed by atoms with Crippen molar-refractivity contribution in [2.75, 3.05) is 26.7 Å². The van der Waals surface area contributed by atoms with Gasteiger partial charge >= 0.3 is 0 Å². The van der Waals surface area contributed by atoms with E-state index in [-0.39, 0.29) is 0 Å². The first-order valence-electron chi connectivity index (χ1n) is 6.20. The van der Waals surface area contributed by atoms with Crippen molar-refractivity contribution >= 4 is 27.3 Å². The van der Waals surface area contributed by atoms with Crippen LogP contribution in [0.2, 0.25) is 0 Å². The Labute approximate surface area is 117 Å². The third-order valence-electron chi connectivity index (χ3n) is 3.70. The summed E-state index contributed by atoms with van der Waals surface area (Å²) in [7, 11) is 2.22. The van der Waals surface area contributed by atoms with E-state index in [1.165, 1.54) is 35.3 Å². The van der Waals surface area contributed by atoms with Crippen LogP contribution in [0.1, 0.15) is 25.3 Å².